The van der Waals surface area contributed by atoms with Crippen LogP contribution in [0.2, 0.25) is 0 Å². The van der Waals surface area contributed by atoms with Crippen LogP contribution in [0.25, 0.3) is 0 Å². The van der Waals surface area contributed by atoms with Gasteiger partial charge in [-0.1, -0.05) is 36.8 Å². The molecule has 4 nitrogen and oxygen atoms in total. The molecule has 0 aromatic heterocycles. The van der Waals surface area contributed by atoms with E-state index in [1.54, 1.807) is 0 Å². The van der Waals surface area contributed by atoms with Crippen LogP contribution in [0.3, 0.4) is 0 Å². The zero-order valence-corrected chi connectivity index (χ0v) is 12.8. The highest BCUT2D eigenvalue weighted by Crippen LogP contribution is 2.45. The van der Waals surface area contributed by atoms with Gasteiger partial charge in [0.05, 0.1) is 11.3 Å². The Morgan fingerprint density at radius 2 is 1.77 bits per heavy atom. The molecular weight excluding hydrogens is 278 g/mol. The van der Waals surface area contributed by atoms with Crippen molar-refractivity contribution in [2.45, 2.75) is 38.5 Å². The summed E-state index contributed by atoms with van der Waals surface area (Å²) < 4.78 is 0. The number of aliphatic carboxylic acids is 1. The van der Waals surface area contributed by atoms with Gasteiger partial charge in [-0.3, -0.25) is 9.59 Å². The molecule has 2 aliphatic rings. The lowest BCUT2D eigenvalue weighted by atomic mass is 9.64. The van der Waals surface area contributed by atoms with Crippen molar-refractivity contribution in [3.63, 3.8) is 0 Å². The van der Waals surface area contributed by atoms with Gasteiger partial charge in [-0.15, -0.1) is 0 Å². The second-order valence-electron chi connectivity index (χ2n) is 6.70. The first-order chi connectivity index (χ1) is 10.6. The number of hydrogen-bond donors (Lipinski definition) is 1. The quantitative estimate of drug-likeness (QED) is 0.930. The Labute approximate surface area is 131 Å². The monoisotopic (exact) mass is 301 g/mol. The number of piperidine rings is 1. The third kappa shape index (κ3) is 2.87. The molecule has 1 aromatic rings. The average Bonchev–Trinajstić information content (AvgIpc) is 2.51. The van der Waals surface area contributed by atoms with E-state index < -0.39 is 5.97 Å². The molecule has 22 heavy (non-hydrogen) atoms. The van der Waals surface area contributed by atoms with E-state index in [4.69, 9.17) is 5.11 Å². The Hall–Kier alpha value is -1.84. The fraction of sp³-hybridized carbons (Fsp3) is 0.556. The number of hydrogen-bond acceptors (Lipinski definition) is 2. The zero-order valence-electron chi connectivity index (χ0n) is 12.8. The van der Waals surface area contributed by atoms with Crippen LogP contribution in [0, 0.1) is 11.3 Å². The molecule has 1 N–H and O–H groups in total. The first-order valence-electron chi connectivity index (χ1n) is 8.17. The first kappa shape index (κ1) is 15.1. The molecule has 3 rings (SSSR count). The van der Waals surface area contributed by atoms with Crippen LogP contribution in [-0.4, -0.2) is 35.0 Å². The molecule has 1 aliphatic carbocycles. The summed E-state index contributed by atoms with van der Waals surface area (Å²) in [5.41, 5.74) is 0.980. The smallest absolute Gasteiger partial charge is 0.306 e. The third-order valence-corrected chi connectivity index (χ3v) is 5.28. The summed E-state index contributed by atoms with van der Waals surface area (Å²) in [6, 6.07) is 10.2. The highest BCUT2D eigenvalue weighted by Gasteiger charge is 2.46. The van der Waals surface area contributed by atoms with Crippen LogP contribution in [-0.2, 0) is 16.0 Å². The summed E-state index contributed by atoms with van der Waals surface area (Å²) in [5, 5.41) is 9.07. The minimum Gasteiger partial charge on any atom is -0.481 e. The van der Waals surface area contributed by atoms with Gasteiger partial charge in [0.2, 0.25) is 5.91 Å². The Kier molecular flexibility index (Phi) is 4.19. The van der Waals surface area contributed by atoms with Crippen molar-refractivity contribution in [2.75, 3.05) is 13.1 Å². The number of nitrogens with zero attached hydrogens (tertiary/aromatic N) is 1. The number of rotatable bonds is 4. The van der Waals surface area contributed by atoms with Crippen molar-refractivity contribution in [1.82, 2.24) is 4.90 Å². The van der Waals surface area contributed by atoms with E-state index in [1.807, 2.05) is 23.1 Å². The molecule has 0 radical (unpaired) electrons. The van der Waals surface area contributed by atoms with E-state index in [0.717, 1.165) is 25.7 Å². The van der Waals surface area contributed by atoms with Crippen molar-refractivity contribution < 1.29 is 14.7 Å². The molecule has 1 amide bonds. The van der Waals surface area contributed by atoms with E-state index in [1.165, 1.54) is 5.56 Å². The molecular formula is C18H23NO3. The van der Waals surface area contributed by atoms with Gasteiger partial charge in [-0.05, 0) is 37.7 Å². The Bertz CT molecular complexity index is 543. The number of carbonyl (C=O) groups excluding carboxylic acids is 1. The molecule has 118 valence electrons. The second-order valence-corrected chi connectivity index (χ2v) is 6.70. The molecule has 1 heterocycles. The van der Waals surface area contributed by atoms with Crippen LogP contribution in [0.1, 0.15) is 37.7 Å². The molecule has 1 aliphatic heterocycles. The van der Waals surface area contributed by atoms with Crippen molar-refractivity contribution in [3.05, 3.63) is 35.9 Å². The maximum atomic E-state index is 13.0. The van der Waals surface area contributed by atoms with Gasteiger partial charge in [0.15, 0.2) is 0 Å². The molecule has 0 spiro atoms. The highest BCUT2D eigenvalue weighted by atomic mass is 16.4. The van der Waals surface area contributed by atoms with E-state index in [-0.39, 0.29) is 17.2 Å². The number of likely N-dealkylation sites (tertiary alicyclic amines) is 1. The van der Waals surface area contributed by atoms with Crippen LogP contribution < -0.4 is 0 Å². The summed E-state index contributed by atoms with van der Waals surface area (Å²) in [5.74, 6) is -0.767. The number of carboxylic acids is 1. The SMILES string of the molecule is O=C(O)C1CCN(C(=O)C2(Cc3ccccc3)CCC2)CC1. The van der Waals surface area contributed by atoms with E-state index >= 15 is 0 Å². The van der Waals surface area contributed by atoms with E-state index in [2.05, 4.69) is 12.1 Å². The molecule has 1 aromatic carbocycles. The average molecular weight is 301 g/mol. The van der Waals surface area contributed by atoms with E-state index in [9.17, 15) is 9.59 Å². The summed E-state index contributed by atoms with van der Waals surface area (Å²) in [6.07, 6.45) is 5.01. The van der Waals surface area contributed by atoms with Gasteiger partial charge in [0.1, 0.15) is 0 Å². The fourth-order valence-corrected chi connectivity index (χ4v) is 3.72. The number of carbonyl (C=O) groups is 2. The summed E-state index contributed by atoms with van der Waals surface area (Å²) in [4.78, 5) is 25.9. The maximum absolute atomic E-state index is 13.0. The summed E-state index contributed by atoms with van der Waals surface area (Å²) in [6.45, 7) is 1.18. The van der Waals surface area contributed by atoms with Gasteiger partial charge >= 0.3 is 5.97 Å². The number of amides is 1. The molecule has 1 saturated heterocycles. The van der Waals surface area contributed by atoms with Gasteiger partial charge in [0.25, 0.3) is 0 Å². The van der Waals surface area contributed by atoms with Crippen molar-refractivity contribution >= 4 is 11.9 Å². The lowest BCUT2D eigenvalue weighted by molar-refractivity contribution is -0.152. The van der Waals surface area contributed by atoms with Crippen LogP contribution >= 0.6 is 0 Å². The topological polar surface area (TPSA) is 57.6 Å². The predicted molar refractivity (Wildman–Crippen MR) is 83.4 cm³/mol. The van der Waals surface area contributed by atoms with E-state index in [0.29, 0.717) is 25.9 Å². The summed E-state index contributed by atoms with van der Waals surface area (Å²) >= 11 is 0. The minimum atomic E-state index is -0.727. The minimum absolute atomic E-state index is 0.239. The molecule has 4 heteroatoms. The molecule has 0 bridgehead atoms. The Balaban J connectivity index is 1.66. The molecule has 2 fully saturated rings. The third-order valence-electron chi connectivity index (χ3n) is 5.28. The number of carboxylic acid groups (broad SMARTS) is 1. The normalized spacial score (nSPS) is 21.2. The Morgan fingerprint density at radius 1 is 1.14 bits per heavy atom. The molecule has 0 unspecified atom stereocenters. The Morgan fingerprint density at radius 3 is 2.27 bits per heavy atom. The van der Waals surface area contributed by atoms with Gasteiger partial charge in [0, 0.05) is 13.1 Å². The van der Waals surface area contributed by atoms with Gasteiger partial charge in [-0.25, -0.2) is 0 Å². The maximum Gasteiger partial charge on any atom is 0.306 e. The molecule has 1 saturated carbocycles. The number of benzene rings is 1. The largest absolute Gasteiger partial charge is 0.481 e. The zero-order chi connectivity index (χ0) is 15.6. The van der Waals surface area contributed by atoms with Crippen molar-refractivity contribution in [1.29, 1.82) is 0 Å². The van der Waals surface area contributed by atoms with Crippen LogP contribution in [0.4, 0.5) is 0 Å². The molecule has 0 atom stereocenters. The fourth-order valence-electron chi connectivity index (χ4n) is 3.72. The highest BCUT2D eigenvalue weighted by molar-refractivity contribution is 5.84. The second kappa shape index (κ2) is 6.11. The van der Waals surface area contributed by atoms with Gasteiger partial charge in [-0.2, -0.15) is 0 Å². The standard InChI is InChI=1S/C18H23NO3/c20-16(21)15-7-11-19(12-8-15)17(22)18(9-4-10-18)13-14-5-2-1-3-6-14/h1-3,5-6,15H,4,7-13H2,(H,20,21). The summed E-state index contributed by atoms with van der Waals surface area (Å²) in [7, 11) is 0. The van der Waals surface area contributed by atoms with Crippen LogP contribution in [0.5, 0.6) is 0 Å². The van der Waals surface area contributed by atoms with Crippen molar-refractivity contribution in [2.24, 2.45) is 11.3 Å². The lowest BCUT2D eigenvalue weighted by Crippen LogP contribution is -2.51. The lowest BCUT2D eigenvalue weighted by Gasteiger charge is -2.45. The first-order valence-corrected chi connectivity index (χ1v) is 8.17. The van der Waals surface area contributed by atoms with Gasteiger partial charge < -0.3 is 10.0 Å². The van der Waals surface area contributed by atoms with Crippen molar-refractivity contribution in [3.8, 4) is 0 Å². The predicted octanol–water partition coefficient (Wildman–Crippen LogP) is 2.72. The van der Waals surface area contributed by atoms with Crippen LogP contribution in [0.15, 0.2) is 30.3 Å².